The Kier molecular flexibility index (Phi) is 3.81. The highest BCUT2D eigenvalue weighted by Crippen LogP contribution is 2.13. The predicted octanol–water partition coefficient (Wildman–Crippen LogP) is 2.86. The largest absolute Gasteiger partial charge is 0.347 e. The van der Waals surface area contributed by atoms with E-state index in [4.69, 9.17) is 0 Å². The first-order chi connectivity index (χ1) is 8.56. The van der Waals surface area contributed by atoms with Crippen LogP contribution in [0.1, 0.15) is 16.1 Å². The first-order valence-electron chi connectivity index (χ1n) is 5.41. The third kappa shape index (κ3) is 2.98. The summed E-state index contributed by atoms with van der Waals surface area (Å²) in [5.41, 5.74) is 1.43. The molecule has 0 unspecified atom stereocenters. The number of hydrogen-bond acceptors (Lipinski definition) is 1. The van der Waals surface area contributed by atoms with Crippen molar-refractivity contribution in [2.24, 2.45) is 7.05 Å². The van der Waals surface area contributed by atoms with Crippen molar-refractivity contribution < 1.29 is 9.18 Å². The van der Waals surface area contributed by atoms with E-state index in [-0.39, 0.29) is 11.7 Å². The molecule has 2 rings (SSSR count). The molecule has 1 N–H and O–H groups in total. The Morgan fingerprint density at radius 1 is 1.39 bits per heavy atom. The molecule has 1 amide bonds. The summed E-state index contributed by atoms with van der Waals surface area (Å²) in [6, 6.07) is 7.80. The van der Waals surface area contributed by atoms with E-state index in [0.717, 1.165) is 10.0 Å². The maximum Gasteiger partial charge on any atom is 0.268 e. The minimum absolute atomic E-state index is 0.160. The molecule has 0 aliphatic rings. The molecule has 0 bridgehead atoms. The summed E-state index contributed by atoms with van der Waals surface area (Å²) in [7, 11) is 1.80. The molecule has 0 fully saturated rings. The number of benzene rings is 1. The molecular weight excluding hydrogens is 299 g/mol. The number of amides is 1. The Balaban J connectivity index is 2.00. The Morgan fingerprint density at radius 3 is 2.61 bits per heavy atom. The number of aromatic nitrogens is 1. The minimum atomic E-state index is -0.281. The molecule has 0 saturated heterocycles. The van der Waals surface area contributed by atoms with Gasteiger partial charge in [-0.3, -0.25) is 4.79 Å². The summed E-state index contributed by atoms with van der Waals surface area (Å²) in [5, 5.41) is 2.79. The second kappa shape index (κ2) is 5.35. The van der Waals surface area contributed by atoms with Gasteiger partial charge in [0.2, 0.25) is 0 Å². The number of carbonyl (C=O) groups is 1. The van der Waals surface area contributed by atoms with Gasteiger partial charge in [0.25, 0.3) is 5.91 Å². The maximum atomic E-state index is 12.7. The molecular formula is C13H12BrFN2O. The number of halogens is 2. The van der Waals surface area contributed by atoms with Crippen molar-refractivity contribution in [3.63, 3.8) is 0 Å². The summed E-state index contributed by atoms with van der Waals surface area (Å²) in [4.78, 5) is 11.9. The molecule has 0 spiro atoms. The van der Waals surface area contributed by atoms with Gasteiger partial charge in [-0.2, -0.15) is 0 Å². The molecule has 0 saturated carbocycles. The van der Waals surface area contributed by atoms with Crippen LogP contribution >= 0.6 is 15.9 Å². The van der Waals surface area contributed by atoms with E-state index in [1.807, 2.05) is 6.20 Å². The van der Waals surface area contributed by atoms with Crippen LogP contribution in [0.15, 0.2) is 41.0 Å². The van der Waals surface area contributed by atoms with Crippen LogP contribution in [0.3, 0.4) is 0 Å². The Morgan fingerprint density at radius 2 is 2.06 bits per heavy atom. The number of nitrogens with zero attached hydrogens (tertiary/aromatic N) is 1. The second-order valence-corrected chi connectivity index (χ2v) is 4.88. The van der Waals surface area contributed by atoms with E-state index in [9.17, 15) is 9.18 Å². The van der Waals surface area contributed by atoms with E-state index in [2.05, 4.69) is 21.2 Å². The van der Waals surface area contributed by atoms with Gasteiger partial charge in [-0.05, 0) is 39.7 Å². The van der Waals surface area contributed by atoms with E-state index >= 15 is 0 Å². The quantitative estimate of drug-likeness (QED) is 0.929. The van der Waals surface area contributed by atoms with Crippen molar-refractivity contribution in [2.45, 2.75) is 6.54 Å². The molecule has 0 aliphatic carbocycles. The topological polar surface area (TPSA) is 34.0 Å². The van der Waals surface area contributed by atoms with Crippen LogP contribution in [0.2, 0.25) is 0 Å². The zero-order chi connectivity index (χ0) is 13.1. The fraction of sp³-hybridized carbons (Fsp3) is 0.154. The normalized spacial score (nSPS) is 10.4. The molecule has 2 aromatic rings. The number of aryl methyl sites for hydroxylation is 1. The fourth-order valence-electron chi connectivity index (χ4n) is 1.63. The minimum Gasteiger partial charge on any atom is -0.347 e. The predicted molar refractivity (Wildman–Crippen MR) is 70.7 cm³/mol. The molecule has 1 heterocycles. The van der Waals surface area contributed by atoms with Gasteiger partial charge in [0, 0.05) is 24.3 Å². The number of rotatable bonds is 3. The van der Waals surface area contributed by atoms with Crippen LogP contribution in [0, 0.1) is 5.82 Å². The first-order valence-corrected chi connectivity index (χ1v) is 6.20. The Bertz CT molecular complexity index is 563. The van der Waals surface area contributed by atoms with E-state index < -0.39 is 0 Å². The number of hydrogen-bond donors (Lipinski definition) is 1. The van der Waals surface area contributed by atoms with Crippen molar-refractivity contribution in [2.75, 3.05) is 0 Å². The van der Waals surface area contributed by atoms with Crippen molar-refractivity contribution in [1.82, 2.24) is 9.88 Å². The van der Waals surface area contributed by atoms with Gasteiger partial charge in [-0.25, -0.2) is 4.39 Å². The SMILES string of the molecule is Cn1cc(Br)cc1C(=O)NCc1ccc(F)cc1. The van der Waals surface area contributed by atoms with Gasteiger partial charge in [0.1, 0.15) is 11.5 Å². The molecule has 18 heavy (non-hydrogen) atoms. The third-order valence-corrected chi connectivity index (χ3v) is 3.00. The molecule has 5 heteroatoms. The lowest BCUT2D eigenvalue weighted by Crippen LogP contribution is -2.24. The molecule has 94 valence electrons. The molecule has 0 aliphatic heterocycles. The summed E-state index contributed by atoms with van der Waals surface area (Å²) in [6.45, 7) is 0.377. The molecule has 1 aromatic heterocycles. The fourth-order valence-corrected chi connectivity index (χ4v) is 2.15. The lowest BCUT2D eigenvalue weighted by molar-refractivity contribution is 0.0943. The highest BCUT2D eigenvalue weighted by atomic mass is 79.9. The van der Waals surface area contributed by atoms with Crippen LogP contribution in [0.4, 0.5) is 4.39 Å². The smallest absolute Gasteiger partial charge is 0.268 e. The third-order valence-electron chi connectivity index (χ3n) is 2.57. The first kappa shape index (κ1) is 12.8. The van der Waals surface area contributed by atoms with Crippen LogP contribution in [-0.4, -0.2) is 10.5 Å². The van der Waals surface area contributed by atoms with Crippen LogP contribution in [-0.2, 0) is 13.6 Å². The van der Waals surface area contributed by atoms with E-state index in [1.54, 1.807) is 29.8 Å². The van der Waals surface area contributed by atoms with Gasteiger partial charge in [-0.15, -0.1) is 0 Å². The summed E-state index contributed by atoms with van der Waals surface area (Å²) in [6.07, 6.45) is 1.81. The van der Waals surface area contributed by atoms with E-state index in [1.165, 1.54) is 12.1 Å². The standard InChI is InChI=1S/C13H12BrFN2O/c1-17-8-10(14)6-12(17)13(18)16-7-9-2-4-11(15)5-3-9/h2-6,8H,7H2,1H3,(H,16,18). The maximum absolute atomic E-state index is 12.7. The molecule has 3 nitrogen and oxygen atoms in total. The Hall–Kier alpha value is -1.62. The van der Waals surface area contributed by atoms with Crippen LogP contribution < -0.4 is 5.32 Å². The molecule has 0 atom stereocenters. The van der Waals surface area contributed by atoms with Gasteiger partial charge in [-0.1, -0.05) is 12.1 Å². The second-order valence-electron chi connectivity index (χ2n) is 3.96. The van der Waals surface area contributed by atoms with Gasteiger partial charge in [0.15, 0.2) is 0 Å². The number of carbonyl (C=O) groups excluding carboxylic acids is 1. The van der Waals surface area contributed by atoms with Crippen molar-refractivity contribution in [1.29, 1.82) is 0 Å². The lowest BCUT2D eigenvalue weighted by atomic mass is 10.2. The Labute approximate surface area is 113 Å². The summed E-state index contributed by atoms with van der Waals surface area (Å²) < 4.78 is 15.3. The monoisotopic (exact) mass is 310 g/mol. The average molecular weight is 311 g/mol. The van der Waals surface area contributed by atoms with E-state index in [0.29, 0.717) is 12.2 Å². The van der Waals surface area contributed by atoms with Gasteiger partial charge in [0.05, 0.1) is 0 Å². The van der Waals surface area contributed by atoms with Crippen molar-refractivity contribution in [3.05, 3.63) is 58.1 Å². The average Bonchev–Trinajstić information content (AvgIpc) is 2.67. The van der Waals surface area contributed by atoms with Gasteiger partial charge >= 0.3 is 0 Å². The highest BCUT2D eigenvalue weighted by Gasteiger charge is 2.10. The highest BCUT2D eigenvalue weighted by molar-refractivity contribution is 9.10. The van der Waals surface area contributed by atoms with Crippen molar-refractivity contribution in [3.8, 4) is 0 Å². The van der Waals surface area contributed by atoms with Crippen molar-refractivity contribution >= 4 is 21.8 Å². The zero-order valence-corrected chi connectivity index (χ0v) is 11.4. The summed E-state index contributed by atoms with van der Waals surface area (Å²) >= 11 is 3.31. The summed E-state index contributed by atoms with van der Waals surface area (Å²) in [5.74, 6) is -0.441. The zero-order valence-electron chi connectivity index (χ0n) is 9.78. The lowest BCUT2D eigenvalue weighted by Gasteiger charge is -2.06. The van der Waals surface area contributed by atoms with Crippen LogP contribution in [0.25, 0.3) is 0 Å². The molecule has 0 radical (unpaired) electrons. The van der Waals surface area contributed by atoms with Crippen LogP contribution in [0.5, 0.6) is 0 Å². The van der Waals surface area contributed by atoms with Gasteiger partial charge < -0.3 is 9.88 Å². The molecule has 1 aromatic carbocycles. The number of nitrogens with one attached hydrogen (secondary N) is 1.